The first kappa shape index (κ1) is 13.4. The number of nitrogens with one attached hydrogen (secondary N) is 1. The summed E-state index contributed by atoms with van der Waals surface area (Å²) in [6, 6.07) is 5.89. The maximum atomic E-state index is 12.6. The fourth-order valence-electron chi connectivity index (χ4n) is 1.33. The van der Waals surface area contributed by atoms with E-state index in [1.807, 2.05) is 6.92 Å². The minimum atomic E-state index is -0.291. The van der Waals surface area contributed by atoms with Gasteiger partial charge in [0.1, 0.15) is 5.82 Å². The molecule has 0 spiro atoms. The summed E-state index contributed by atoms with van der Waals surface area (Å²) >= 11 is 0. The summed E-state index contributed by atoms with van der Waals surface area (Å²) in [5.41, 5.74) is 0.779. The van der Waals surface area contributed by atoms with Gasteiger partial charge in [0, 0.05) is 19.2 Å². The Morgan fingerprint density at radius 2 is 2.12 bits per heavy atom. The molecule has 0 aliphatic heterocycles. The predicted molar refractivity (Wildman–Crippen MR) is 64.9 cm³/mol. The Kier molecular flexibility index (Phi) is 5.36. The van der Waals surface area contributed by atoms with E-state index in [1.54, 1.807) is 25.3 Å². The predicted octanol–water partition coefficient (Wildman–Crippen LogP) is 1.99. The van der Waals surface area contributed by atoms with Gasteiger partial charge in [-0.15, -0.1) is 0 Å². The van der Waals surface area contributed by atoms with E-state index in [9.17, 15) is 9.18 Å². The molecule has 0 heterocycles. The smallest absolute Gasteiger partial charge is 0.244 e. The molecule has 1 N–H and O–H groups in total. The van der Waals surface area contributed by atoms with E-state index >= 15 is 0 Å². The highest BCUT2D eigenvalue weighted by Gasteiger charge is 2.02. The first-order valence-corrected chi connectivity index (χ1v) is 5.35. The molecular formula is C13H16FNO2. The second kappa shape index (κ2) is 6.81. The van der Waals surface area contributed by atoms with Gasteiger partial charge in [-0.2, -0.15) is 0 Å². The van der Waals surface area contributed by atoms with Crippen molar-refractivity contribution in [1.29, 1.82) is 0 Å². The first-order chi connectivity index (χ1) is 8.11. The molecule has 1 rings (SSSR count). The molecule has 0 saturated heterocycles. The number of carbonyl (C=O) groups excluding carboxylic acids is 1. The second-order valence-corrected chi connectivity index (χ2v) is 3.75. The van der Waals surface area contributed by atoms with Crippen LogP contribution in [-0.2, 0) is 9.53 Å². The van der Waals surface area contributed by atoms with Gasteiger partial charge in [0.05, 0.1) is 6.61 Å². The molecule has 1 aromatic rings. The lowest BCUT2D eigenvalue weighted by Crippen LogP contribution is -2.34. The quantitative estimate of drug-likeness (QED) is 0.795. The van der Waals surface area contributed by atoms with Crippen LogP contribution in [0.15, 0.2) is 30.3 Å². The number of halogens is 1. The summed E-state index contributed by atoms with van der Waals surface area (Å²) in [5.74, 6) is -0.487. The van der Waals surface area contributed by atoms with E-state index in [0.29, 0.717) is 6.61 Å². The van der Waals surface area contributed by atoms with Crippen LogP contribution in [0.4, 0.5) is 4.39 Å². The third kappa shape index (κ3) is 5.26. The van der Waals surface area contributed by atoms with E-state index in [0.717, 1.165) is 5.56 Å². The van der Waals surface area contributed by atoms with Crippen LogP contribution in [0.3, 0.4) is 0 Å². The minimum Gasteiger partial charge on any atom is -0.383 e. The molecule has 17 heavy (non-hydrogen) atoms. The number of carbonyl (C=O) groups is 1. The largest absolute Gasteiger partial charge is 0.383 e. The topological polar surface area (TPSA) is 38.3 Å². The van der Waals surface area contributed by atoms with E-state index < -0.39 is 0 Å². The van der Waals surface area contributed by atoms with Crippen molar-refractivity contribution in [3.05, 3.63) is 41.7 Å². The molecule has 0 saturated carbocycles. The second-order valence-electron chi connectivity index (χ2n) is 3.75. The van der Waals surface area contributed by atoms with Crippen molar-refractivity contribution in [2.75, 3.05) is 13.7 Å². The van der Waals surface area contributed by atoms with Gasteiger partial charge >= 0.3 is 0 Å². The SMILES string of the molecule is COCC(C)NC(=O)/C=C/c1ccc(F)cc1. The van der Waals surface area contributed by atoms with Crippen molar-refractivity contribution in [3.8, 4) is 0 Å². The molecular weight excluding hydrogens is 221 g/mol. The van der Waals surface area contributed by atoms with Crippen molar-refractivity contribution in [2.45, 2.75) is 13.0 Å². The highest BCUT2D eigenvalue weighted by molar-refractivity contribution is 5.91. The molecule has 1 unspecified atom stereocenters. The summed E-state index contributed by atoms with van der Waals surface area (Å²) < 4.78 is 17.5. The van der Waals surface area contributed by atoms with E-state index in [2.05, 4.69) is 5.32 Å². The summed E-state index contributed by atoms with van der Waals surface area (Å²) in [5, 5.41) is 2.74. The molecule has 1 amide bonds. The lowest BCUT2D eigenvalue weighted by molar-refractivity contribution is -0.117. The van der Waals surface area contributed by atoms with Crippen molar-refractivity contribution in [1.82, 2.24) is 5.32 Å². The van der Waals surface area contributed by atoms with Crippen LogP contribution >= 0.6 is 0 Å². The van der Waals surface area contributed by atoms with Gasteiger partial charge in [-0.05, 0) is 30.7 Å². The normalized spacial score (nSPS) is 12.6. The number of amides is 1. The number of rotatable bonds is 5. The van der Waals surface area contributed by atoms with Crippen LogP contribution in [0.25, 0.3) is 6.08 Å². The standard InChI is InChI=1S/C13H16FNO2/c1-10(9-17-2)15-13(16)8-5-11-3-6-12(14)7-4-11/h3-8,10H,9H2,1-2H3,(H,15,16)/b8-5+. The van der Waals surface area contributed by atoms with Crippen LogP contribution < -0.4 is 5.32 Å². The maximum Gasteiger partial charge on any atom is 0.244 e. The van der Waals surface area contributed by atoms with Crippen molar-refractivity contribution >= 4 is 12.0 Å². The molecule has 1 atom stereocenters. The molecule has 0 aromatic heterocycles. The van der Waals surface area contributed by atoms with Crippen LogP contribution in [0.2, 0.25) is 0 Å². The highest BCUT2D eigenvalue weighted by atomic mass is 19.1. The van der Waals surface area contributed by atoms with Crippen LogP contribution in [0.1, 0.15) is 12.5 Å². The summed E-state index contributed by atoms with van der Waals surface area (Å²) in [6.07, 6.45) is 3.05. The van der Waals surface area contributed by atoms with Gasteiger partial charge in [-0.25, -0.2) is 4.39 Å². The van der Waals surface area contributed by atoms with Crippen molar-refractivity contribution in [2.24, 2.45) is 0 Å². The minimum absolute atomic E-state index is 0.0367. The van der Waals surface area contributed by atoms with Crippen LogP contribution in [0, 0.1) is 5.82 Å². The molecule has 1 aromatic carbocycles. The number of hydrogen-bond donors (Lipinski definition) is 1. The Bertz CT molecular complexity index is 387. The Hall–Kier alpha value is -1.68. The maximum absolute atomic E-state index is 12.6. The van der Waals surface area contributed by atoms with Crippen molar-refractivity contribution in [3.63, 3.8) is 0 Å². The lowest BCUT2D eigenvalue weighted by Gasteiger charge is -2.10. The third-order valence-electron chi connectivity index (χ3n) is 2.10. The summed E-state index contributed by atoms with van der Waals surface area (Å²) in [4.78, 5) is 11.4. The number of ether oxygens (including phenoxy) is 1. The zero-order valence-electron chi connectivity index (χ0n) is 9.94. The van der Waals surface area contributed by atoms with E-state index in [1.165, 1.54) is 18.2 Å². The van der Waals surface area contributed by atoms with Crippen molar-refractivity contribution < 1.29 is 13.9 Å². The third-order valence-corrected chi connectivity index (χ3v) is 2.10. The summed E-state index contributed by atoms with van der Waals surface area (Å²) in [6.45, 7) is 2.32. The van der Waals surface area contributed by atoms with Gasteiger partial charge in [0.25, 0.3) is 0 Å². The zero-order chi connectivity index (χ0) is 12.7. The molecule has 0 fully saturated rings. The van der Waals surface area contributed by atoms with Crippen LogP contribution in [-0.4, -0.2) is 25.7 Å². The Balaban J connectivity index is 2.47. The van der Waals surface area contributed by atoms with E-state index in [-0.39, 0.29) is 17.8 Å². The van der Waals surface area contributed by atoms with Gasteiger partial charge in [0.15, 0.2) is 0 Å². The number of benzene rings is 1. The first-order valence-electron chi connectivity index (χ1n) is 5.35. The van der Waals surface area contributed by atoms with Gasteiger partial charge < -0.3 is 10.1 Å². The average Bonchev–Trinajstić information content (AvgIpc) is 2.28. The Morgan fingerprint density at radius 1 is 1.47 bits per heavy atom. The molecule has 4 heteroatoms. The highest BCUT2D eigenvalue weighted by Crippen LogP contribution is 2.04. The lowest BCUT2D eigenvalue weighted by atomic mass is 10.2. The molecule has 0 aliphatic rings. The van der Waals surface area contributed by atoms with E-state index in [4.69, 9.17) is 4.74 Å². The van der Waals surface area contributed by atoms with Gasteiger partial charge in [0.2, 0.25) is 5.91 Å². The molecule has 0 radical (unpaired) electrons. The molecule has 92 valence electrons. The average molecular weight is 237 g/mol. The number of hydrogen-bond acceptors (Lipinski definition) is 2. The molecule has 0 bridgehead atoms. The Morgan fingerprint density at radius 3 is 2.71 bits per heavy atom. The van der Waals surface area contributed by atoms with Gasteiger partial charge in [-0.1, -0.05) is 12.1 Å². The zero-order valence-corrected chi connectivity index (χ0v) is 9.94. The Labute approximate surface area is 100 Å². The molecule has 0 aliphatic carbocycles. The number of methoxy groups -OCH3 is 1. The summed E-state index contributed by atoms with van der Waals surface area (Å²) in [7, 11) is 1.58. The fraction of sp³-hybridized carbons (Fsp3) is 0.308. The van der Waals surface area contributed by atoms with Gasteiger partial charge in [-0.3, -0.25) is 4.79 Å². The fourth-order valence-corrected chi connectivity index (χ4v) is 1.33. The van der Waals surface area contributed by atoms with Crippen LogP contribution in [0.5, 0.6) is 0 Å². The monoisotopic (exact) mass is 237 g/mol. The molecule has 3 nitrogen and oxygen atoms in total.